The van der Waals surface area contributed by atoms with Crippen LogP contribution in [0.25, 0.3) is 0 Å². The summed E-state index contributed by atoms with van der Waals surface area (Å²) in [7, 11) is 0. The zero-order valence-corrected chi connectivity index (χ0v) is 5.60. The SMILES string of the molecule is CC=C=[C]C(=O)OCC. The normalized spacial score (nSPS) is 7.33. The number of carbonyl (C=O) groups is 1. The second kappa shape index (κ2) is 5.13. The largest absolute Gasteiger partial charge is 0.462 e. The molecule has 0 rings (SSSR count). The van der Waals surface area contributed by atoms with E-state index in [9.17, 15) is 4.79 Å². The summed E-state index contributed by atoms with van der Waals surface area (Å²) in [6, 6.07) is 0. The van der Waals surface area contributed by atoms with Gasteiger partial charge >= 0.3 is 5.97 Å². The number of rotatable bonds is 2. The fraction of sp³-hybridized carbons (Fsp3) is 0.429. The molecule has 0 N–H and O–H groups in total. The fourth-order valence-electron chi connectivity index (χ4n) is 0.298. The number of hydrogen-bond donors (Lipinski definition) is 0. The lowest BCUT2D eigenvalue weighted by Gasteiger charge is -1.90. The summed E-state index contributed by atoms with van der Waals surface area (Å²) < 4.78 is 4.51. The van der Waals surface area contributed by atoms with Gasteiger partial charge in [0.15, 0.2) is 0 Å². The van der Waals surface area contributed by atoms with Gasteiger partial charge in [-0.25, -0.2) is 4.79 Å². The quantitative estimate of drug-likeness (QED) is 0.313. The van der Waals surface area contributed by atoms with Crippen molar-refractivity contribution < 1.29 is 9.53 Å². The van der Waals surface area contributed by atoms with Gasteiger partial charge in [-0.1, -0.05) is 0 Å². The summed E-state index contributed by atoms with van der Waals surface area (Å²) >= 11 is 0. The van der Waals surface area contributed by atoms with Crippen LogP contribution in [0.15, 0.2) is 11.8 Å². The second-order valence-electron chi connectivity index (χ2n) is 1.28. The van der Waals surface area contributed by atoms with Gasteiger partial charge in [0.05, 0.1) is 6.61 Å². The third-order valence-electron chi connectivity index (χ3n) is 0.594. The molecule has 0 unspecified atom stereocenters. The molecule has 0 aromatic heterocycles. The van der Waals surface area contributed by atoms with Crippen molar-refractivity contribution in [3.8, 4) is 0 Å². The molecule has 0 atom stereocenters. The zero-order valence-electron chi connectivity index (χ0n) is 5.60. The molecule has 0 aliphatic heterocycles. The number of hydrogen-bond acceptors (Lipinski definition) is 2. The molecule has 0 amide bonds. The Bertz CT molecular complexity index is 141. The van der Waals surface area contributed by atoms with Gasteiger partial charge in [0.2, 0.25) is 0 Å². The van der Waals surface area contributed by atoms with Crippen molar-refractivity contribution in [1.29, 1.82) is 0 Å². The molecule has 0 saturated heterocycles. The Hall–Kier alpha value is -1.01. The molecule has 0 saturated carbocycles. The Morgan fingerprint density at radius 3 is 2.89 bits per heavy atom. The summed E-state index contributed by atoms with van der Waals surface area (Å²) in [4.78, 5) is 10.4. The maximum absolute atomic E-state index is 10.4. The molecule has 0 aromatic carbocycles. The summed E-state index contributed by atoms with van der Waals surface area (Å²) in [5, 5.41) is 0. The maximum atomic E-state index is 10.4. The lowest BCUT2D eigenvalue weighted by molar-refractivity contribution is -0.138. The smallest absolute Gasteiger partial charge is 0.347 e. The minimum atomic E-state index is -0.462. The maximum Gasteiger partial charge on any atom is 0.347 e. The Morgan fingerprint density at radius 2 is 2.44 bits per heavy atom. The van der Waals surface area contributed by atoms with Crippen molar-refractivity contribution in [1.82, 2.24) is 0 Å². The molecule has 2 nitrogen and oxygen atoms in total. The minimum absolute atomic E-state index is 0.386. The van der Waals surface area contributed by atoms with Gasteiger partial charge in [-0.3, -0.25) is 0 Å². The van der Waals surface area contributed by atoms with E-state index in [1.54, 1.807) is 19.9 Å². The highest BCUT2D eigenvalue weighted by molar-refractivity contribution is 5.77. The van der Waals surface area contributed by atoms with Crippen LogP contribution in [0.1, 0.15) is 13.8 Å². The van der Waals surface area contributed by atoms with Crippen LogP contribution in [0.3, 0.4) is 0 Å². The van der Waals surface area contributed by atoms with E-state index in [-0.39, 0.29) is 0 Å². The van der Waals surface area contributed by atoms with Gasteiger partial charge in [-0.05, 0) is 19.9 Å². The van der Waals surface area contributed by atoms with Crippen molar-refractivity contribution in [2.45, 2.75) is 13.8 Å². The van der Waals surface area contributed by atoms with Crippen molar-refractivity contribution in [2.75, 3.05) is 6.61 Å². The third-order valence-corrected chi connectivity index (χ3v) is 0.594. The second-order valence-corrected chi connectivity index (χ2v) is 1.28. The zero-order chi connectivity index (χ0) is 7.11. The fourth-order valence-corrected chi connectivity index (χ4v) is 0.298. The van der Waals surface area contributed by atoms with Crippen LogP contribution in [0.4, 0.5) is 0 Å². The lowest BCUT2D eigenvalue weighted by atomic mass is 10.5. The predicted molar refractivity (Wildman–Crippen MR) is 33.6 cm³/mol. The molecule has 49 valence electrons. The third kappa shape index (κ3) is 4.85. The molecule has 0 fully saturated rings. The number of esters is 1. The van der Waals surface area contributed by atoms with E-state index in [1.807, 2.05) is 0 Å². The molecule has 0 aliphatic rings. The van der Waals surface area contributed by atoms with E-state index in [4.69, 9.17) is 0 Å². The first-order valence-electron chi connectivity index (χ1n) is 2.77. The van der Waals surface area contributed by atoms with Crippen LogP contribution in [-0.2, 0) is 9.53 Å². The van der Waals surface area contributed by atoms with Gasteiger partial charge in [-0.2, -0.15) is 0 Å². The summed E-state index contributed by atoms with van der Waals surface area (Å²) in [6.07, 6.45) is 3.86. The van der Waals surface area contributed by atoms with Gasteiger partial charge in [0.1, 0.15) is 6.08 Å². The van der Waals surface area contributed by atoms with Gasteiger partial charge in [0, 0.05) is 0 Å². The van der Waals surface area contributed by atoms with E-state index in [0.29, 0.717) is 6.61 Å². The van der Waals surface area contributed by atoms with Crippen LogP contribution in [0, 0.1) is 6.08 Å². The Labute approximate surface area is 54.8 Å². The molecule has 1 radical (unpaired) electrons. The molecular weight excluding hydrogens is 116 g/mol. The van der Waals surface area contributed by atoms with E-state index in [0.717, 1.165) is 0 Å². The standard InChI is InChI=1S/C7H9O2/c1-3-5-6-7(8)9-4-2/h3H,4H2,1-2H3. The van der Waals surface area contributed by atoms with Crippen molar-refractivity contribution in [2.24, 2.45) is 0 Å². The first kappa shape index (κ1) is 7.99. The Kier molecular flexibility index (Phi) is 4.56. The van der Waals surface area contributed by atoms with Crippen molar-refractivity contribution >= 4 is 5.97 Å². The molecule has 0 aliphatic carbocycles. The number of ether oxygens (including phenoxy) is 1. The van der Waals surface area contributed by atoms with Crippen molar-refractivity contribution in [3.05, 3.63) is 17.9 Å². The molecule has 9 heavy (non-hydrogen) atoms. The molecule has 0 spiro atoms. The van der Waals surface area contributed by atoms with E-state index >= 15 is 0 Å². The predicted octanol–water partition coefficient (Wildman–Crippen LogP) is 1.08. The lowest BCUT2D eigenvalue weighted by Crippen LogP contribution is -1.98. The van der Waals surface area contributed by atoms with Gasteiger partial charge < -0.3 is 4.74 Å². The average molecular weight is 125 g/mol. The number of carbonyl (C=O) groups excluding carboxylic acids is 1. The monoisotopic (exact) mass is 125 g/mol. The Balaban J connectivity index is 3.63. The van der Waals surface area contributed by atoms with Crippen LogP contribution < -0.4 is 0 Å². The molecular formula is C7H9O2. The van der Waals surface area contributed by atoms with Crippen LogP contribution >= 0.6 is 0 Å². The minimum Gasteiger partial charge on any atom is -0.462 e. The topological polar surface area (TPSA) is 26.3 Å². The molecule has 2 heteroatoms. The average Bonchev–Trinajstić information content (AvgIpc) is 1.85. The molecule has 0 bridgehead atoms. The van der Waals surface area contributed by atoms with E-state index in [1.165, 1.54) is 0 Å². The Morgan fingerprint density at radius 1 is 1.78 bits per heavy atom. The highest BCUT2D eigenvalue weighted by atomic mass is 16.5. The van der Waals surface area contributed by atoms with E-state index < -0.39 is 5.97 Å². The van der Waals surface area contributed by atoms with E-state index in [2.05, 4.69) is 16.5 Å². The summed E-state index contributed by atoms with van der Waals surface area (Å²) in [6.45, 7) is 3.89. The summed E-state index contributed by atoms with van der Waals surface area (Å²) in [5.41, 5.74) is 2.48. The van der Waals surface area contributed by atoms with Crippen LogP contribution in [-0.4, -0.2) is 12.6 Å². The molecule has 0 aromatic rings. The first-order valence-corrected chi connectivity index (χ1v) is 2.77. The highest BCUT2D eigenvalue weighted by Gasteiger charge is 1.90. The van der Waals surface area contributed by atoms with Crippen LogP contribution in [0.5, 0.6) is 0 Å². The van der Waals surface area contributed by atoms with Gasteiger partial charge in [0.25, 0.3) is 0 Å². The van der Waals surface area contributed by atoms with Gasteiger partial charge in [-0.15, -0.1) is 5.73 Å². The first-order chi connectivity index (χ1) is 4.31. The van der Waals surface area contributed by atoms with Crippen LogP contribution in [0.2, 0.25) is 0 Å². The highest BCUT2D eigenvalue weighted by Crippen LogP contribution is 1.75. The molecule has 0 heterocycles. The summed E-state index contributed by atoms with van der Waals surface area (Å²) in [5.74, 6) is -0.462. The van der Waals surface area contributed by atoms with Crippen molar-refractivity contribution in [3.63, 3.8) is 0 Å².